The van der Waals surface area contributed by atoms with Crippen LogP contribution in [0.15, 0.2) is 30.3 Å². The average Bonchev–Trinajstić information content (AvgIpc) is 2.43. The summed E-state index contributed by atoms with van der Waals surface area (Å²) in [7, 11) is 0. The SMILES string of the molecule is CC(=O)OC(CCl)C(Cc1ccccc1)NC(=O)OC(C)(C)C. The summed E-state index contributed by atoms with van der Waals surface area (Å²) in [6.45, 7) is 6.66. The molecule has 0 spiro atoms. The molecule has 0 heterocycles. The van der Waals surface area contributed by atoms with E-state index in [1.807, 2.05) is 30.3 Å². The van der Waals surface area contributed by atoms with Gasteiger partial charge in [0.15, 0.2) is 0 Å². The highest BCUT2D eigenvalue weighted by Gasteiger charge is 2.27. The molecule has 0 fully saturated rings. The van der Waals surface area contributed by atoms with Gasteiger partial charge in [0.1, 0.15) is 11.7 Å². The molecule has 128 valence electrons. The summed E-state index contributed by atoms with van der Waals surface area (Å²) in [5, 5.41) is 2.76. The first kappa shape index (κ1) is 19.3. The maximum absolute atomic E-state index is 12.0. The van der Waals surface area contributed by atoms with Crippen LogP contribution in [0.25, 0.3) is 0 Å². The predicted octanol–water partition coefficient (Wildman–Crippen LogP) is 3.29. The van der Waals surface area contributed by atoms with Crippen LogP contribution in [-0.2, 0) is 20.7 Å². The van der Waals surface area contributed by atoms with Crippen LogP contribution in [0.2, 0.25) is 0 Å². The van der Waals surface area contributed by atoms with Gasteiger partial charge in [-0.1, -0.05) is 30.3 Å². The van der Waals surface area contributed by atoms with Gasteiger partial charge in [-0.15, -0.1) is 11.6 Å². The van der Waals surface area contributed by atoms with E-state index in [9.17, 15) is 9.59 Å². The molecule has 2 atom stereocenters. The van der Waals surface area contributed by atoms with Gasteiger partial charge in [-0.25, -0.2) is 4.79 Å². The van der Waals surface area contributed by atoms with Gasteiger partial charge >= 0.3 is 12.1 Å². The lowest BCUT2D eigenvalue weighted by molar-refractivity contribution is -0.146. The Balaban J connectivity index is 2.86. The van der Waals surface area contributed by atoms with Crippen LogP contribution in [0.3, 0.4) is 0 Å². The molecule has 0 aliphatic rings. The van der Waals surface area contributed by atoms with Crippen LogP contribution >= 0.6 is 11.6 Å². The van der Waals surface area contributed by atoms with E-state index in [1.54, 1.807) is 20.8 Å². The molecular weight excluding hydrogens is 318 g/mol. The molecule has 0 aromatic heterocycles. The van der Waals surface area contributed by atoms with Crippen molar-refractivity contribution in [2.45, 2.75) is 51.9 Å². The Morgan fingerprint density at radius 1 is 1.22 bits per heavy atom. The topological polar surface area (TPSA) is 64.6 Å². The second-order valence-electron chi connectivity index (χ2n) is 6.24. The van der Waals surface area contributed by atoms with Crippen molar-refractivity contribution in [3.63, 3.8) is 0 Å². The zero-order chi connectivity index (χ0) is 17.5. The van der Waals surface area contributed by atoms with Gasteiger partial charge in [0.25, 0.3) is 0 Å². The summed E-state index contributed by atoms with van der Waals surface area (Å²) in [6.07, 6.45) is -0.729. The van der Waals surface area contributed by atoms with Crippen LogP contribution in [0.4, 0.5) is 4.79 Å². The number of esters is 1. The number of alkyl carbamates (subject to hydrolysis) is 1. The van der Waals surface area contributed by atoms with Crippen molar-refractivity contribution in [3.8, 4) is 0 Å². The molecule has 6 heteroatoms. The number of benzene rings is 1. The highest BCUT2D eigenvalue weighted by atomic mass is 35.5. The predicted molar refractivity (Wildman–Crippen MR) is 89.6 cm³/mol. The summed E-state index contributed by atoms with van der Waals surface area (Å²) in [4.78, 5) is 23.3. The van der Waals surface area contributed by atoms with Crippen molar-refractivity contribution < 1.29 is 19.1 Å². The Bertz CT molecular complexity index is 513. The number of ether oxygens (including phenoxy) is 2. The first-order valence-electron chi connectivity index (χ1n) is 7.48. The standard InChI is InChI=1S/C17H24ClNO4/c1-12(20)22-15(11-18)14(10-13-8-6-5-7-9-13)19-16(21)23-17(2,3)4/h5-9,14-15H,10-11H2,1-4H3,(H,19,21). The first-order valence-corrected chi connectivity index (χ1v) is 8.01. The Kier molecular flexibility index (Phi) is 7.36. The fourth-order valence-electron chi connectivity index (χ4n) is 2.04. The van der Waals surface area contributed by atoms with E-state index < -0.39 is 29.8 Å². The minimum Gasteiger partial charge on any atom is -0.459 e. The minimum atomic E-state index is -0.637. The van der Waals surface area contributed by atoms with Crippen molar-refractivity contribution in [2.75, 3.05) is 5.88 Å². The molecule has 0 saturated heterocycles. The molecule has 1 rings (SSSR count). The van der Waals surface area contributed by atoms with Gasteiger partial charge in [-0.3, -0.25) is 4.79 Å². The molecule has 1 N–H and O–H groups in total. The van der Waals surface area contributed by atoms with E-state index in [0.717, 1.165) is 5.56 Å². The molecule has 23 heavy (non-hydrogen) atoms. The zero-order valence-electron chi connectivity index (χ0n) is 14.0. The molecule has 0 bridgehead atoms. The second kappa shape index (κ2) is 8.77. The molecule has 2 unspecified atom stereocenters. The van der Waals surface area contributed by atoms with E-state index in [0.29, 0.717) is 6.42 Å². The Hall–Kier alpha value is -1.75. The lowest BCUT2D eigenvalue weighted by Crippen LogP contribution is -2.48. The molecule has 0 aliphatic carbocycles. The number of alkyl halides is 1. The normalized spacial score (nSPS) is 13.8. The van der Waals surface area contributed by atoms with Crippen molar-refractivity contribution in [1.29, 1.82) is 0 Å². The van der Waals surface area contributed by atoms with Crippen molar-refractivity contribution in [3.05, 3.63) is 35.9 Å². The summed E-state index contributed by atoms with van der Waals surface area (Å²) in [6, 6.07) is 9.10. The Morgan fingerprint density at radius 2 is 1.83 bits per heavy atom. The summed E-state index contributed by atoms with van der Waals surface area (Å²) in [5.74, 6) is -0.368. The van der Waals surface area contributed by atoms with E-state index >= 15 is 0 Å². The third-order valence-corrected chi connectivity index (χ3v) is 3.22. The lowest BCUT2D eigenvalue weighted by atomic mass is 10.0. The highest BCUT2D eigenvalue weighted by Crippen LogP contribution is 2.13. The molecular formula is C17H24ClNO4. The number of amides is 1. The summed E-state index contributed by atoms with van der Waals surface area (Å²) >= 11 is 5.92. The third kappa shape index (κ3) is 7.88. The van der Waals surface area contributed by atoms with Crippen molar-refractivity contribution >= 4 is 23.7 Å². The van der Waals surface area contributed by atoms with Crippen LogP contribution < -0.4 is 5.32 Å². The average molecular weight is 342 g/mol. The summed E-state index contributed by atoms with van der Waals surface area (Å²) in [5.41, 5.74) is 0.384. The number of rotatable bonds is 6. The lowest BCUT2D eigenvalue weighted by Gasteiger charge is -2.28. The Morgan fingerprint density at radius 3 is 2.30 bits per heavy atom. The second-order valence-corrected chi connectivity index (χ2v) is 6.55. The van der Waals surface area contributed by atoms with Gasteiger partial charge < -0.3 is 14.8 Å². The van der Waals surface area contributed by atoms with Gasteiger partial charge in [-0.2, -0.15) is 0 Å². The molecule has 1 aromatic carbocycles. The molecule has 0 radical (unpaired) electrons. The van der Waals surface area contributed by atoms with E-state index in [4.69, 9.17) is 21.1 Å². The fourth-order valence-corrected chi connectivity index (χ4v) is 2.31. The summed E-state index contributed by atoms with van der Waals surface area (Å²) < 4.78 is 10.5. The van der Waals surface area contributed by atoms with Crippen LogP contribution in [0.5, 0.6) is 0 Å². The minimum absolute atomic E-state index is 0.0763. The van der Waals surface area contributed by atoms with Crippen LogP contribution in [0, 0.1) is 0 Å². The van der Waals surface area contributed by atoms with Crippen LogP contribution in [0.1, 0.15) is 33.3 Å². The third-order valence-electron chi connectivity index (χ3n) is 2.92. The number of hydrogen-bond acceptors (Lipinski definition) is 4. The van der Waals surface area contributed by atoms with E-state index in [2.05, 4.69) is 5.32 Å². The maximum Gasteiger partial charge on any atom is 0.408 e. The van der Waals surface area contributed by atoms with Crippen molar-refractivity contribution in [1.82, 2.24) is 5.32 Å². The number of nitrogens with one attached hydrogen (secondary N) is 1. The zero-order valence-corrected chi connectivity index (χ0v) is 14.7. The first-order chi connectivity index (χ1) is 10.7. The maximum atomic E-state index is 12.0. The number of carbonyl (C=O) groups excluding carboxylic acids is 2. The Labute approximate surface area is 142 Å². The molecule has 5 nitrogen and oxygen atoms in total. The largest absolute Gasteiger partial charge is 0.459 e. The van der Waals surface area contributed by atoms with Crippen molar-refractivity contribution in [2.24, 2.45) is 0 Å². The van der Waals surface area contributed by atoms with Crippen LogP contribution in [-0.4, -0.2) is 35.7 Å². The molecule has 0 saturated carbocycles. The van der Waals surface area contributed by atoms with Gasteiger partial charge in [0.05, 0.1) is 11.9 Å². The van der Waals surface area contributed by atoms with E-state index in [1.165, 1.54) is 6.92 Å². The molecule has 0 aliphatic heterocycles. The molecule has 1 amide bonds. The van der Waals surface area contributed by atoms with Gasteiger partial charge in [-0.05, 0) is 32.8 Å². The molecule has 1 aromatic rings. The monoisotopic (exact) mass is 341 g/mol. The van der Waals surface area contributed by atoms with Gasteiger partial charge in [0, 0.05) is 6.92 Å². The smallest absolute Gasteiger partial charge is 0.408 e. The number of hydrogen-bond donors (Lipinski definition) is 1. The number of halogens is 1. The van der Waals surface area contributed by atoms with E-state index in [-0.39, 0.29) is 5.88 Å². The number of carbonyl (C=O) groups is 2. The fraction of sp³-hybridized carbons (Fsp3) is 0.529. The quantitative estimate of drug-likeness (QED) is 0.637. The highest BCUT2D eigenvalue weighted by molar-refractivity contribution is 6.18. The van der Waals surface area contributed by atoms with Gasteiger partial charge in [0.2, 0.25) is 0 Å².